The molecule has 4 heterocycles. The lowest BCUT2D eigenvalue weighted by Gasteiger charge is -2.35. The summed E-state index contributed by atoms with van der Waals surface area (Å²) in [7, 11) is 4.49. The number of rotatable bonds is 16. The SMILES string of the molecule is COC(=O)[C@@H]1C[C@@H](Oc2cc(-c3ccccc3)nc3cc(OC)ccc23)CN1C(=O)[C@@H](NC(=O)OC1CCCC1)C(C)(C)C.COc1ccc2c(O[C@@H]3C[C@@H](C(=O)O)N(C(=O)[C@@H](NC(=O)OC4CCCC4)C(C)(C)C)C3)cc(-c3ccccc3)nc2c1. The summed E-state index contributed by atoms with van der Waals surface area (Å²) < 4.78 is 40.1. The Hall–Kier alpha value is -8.68. The summed E-state index contributed by atoms with van der Waals surface area (Å²) in [4.78, 5) is 91.4. The number of pyridine rings is 2. The van der Waals surface area contributed by atoms with E-state index in [9.17, 15) is 33.9 Å². The van der Waals surface area contributed by atoms with Gasteiger partial charge in [0.05, 0.1) is 56.8 Å². The van der Waals surface area contributed by atoms with Crippen LogP contribution in [0.5, 0.6) is 23.0 Å². The first-order chi connectivity index (χ1) is 41.6. The number of carboxylic acid groups (broad SMARTS) is 1. The number of hydrogen-bond acceptors (Lipinski definition) is 15. The molecule has 2 saturated heterocycles. The third kappa shape index (κ3) is 15.3. The molecule has 2 aliphatic heterocycles. The van der Waals surface area contributed by atoms with E-state index in [1.807, 2.05) is 151 Å². The van der Waals surface area contributed by atoms with Gasteiger partial charge in [-0.15, -0.1) is 0 Å². The Morgan fingerprint density at radius 1 is 0.529 bits per heavy atom. The number of fused-ring (bicyclic) bond motifs is 2. The quantitative estimate of drug-likeness (QED) is 0.0602. The van der Waals surface area contributed by atoms with Gasteiger partial charge in [0.1, 0.15) is 71.6 Å². The first-order valence-corrected chi connectivity index (χ1v) is 29.9. The van der Waals surface area contributed by atoms with Gasteiger partial charge in [-0.2, -0.15) is 0 Å². The van der Waals surface area contributed by atoms with E-state index < -0.39 is 83.1 Å². The van der Waals surface area contributed by atoms with E-state index in [1.54, 1.807) is 14.2 Å². The summed E-state index contributed by atoms with van der Waals surface area (Å²) in [6.07, 6.45) is 4.87. The zero-order chi connectivity index (χ0) is 62.2. The van der Waals surface area contributed by atoms with Crippen LogP contribution in [0, 0.1) is 10.8 Å². The van der Waals surface area contributed by atoms with Crippen LogP contribution >= 0.6 is 0 Å². The first kappa shape index (κ1) is 62.8. The van der Waals surface area contributed by atoms with E-state index in [0.717, 1.165) is 79.0 Å². The summed E-state index contributed by atoms with van der Waals surface area (Å²) in [5.41, 5.74) is 3.22. The minimum Gasteiger partial charge on any atom is -0.497 e. The topological polar surface area (TPSA) is 244 Å². The number of methoxy groups -OCH3 is 3. The molecule has 10 rings (SSSR count). The first-order valence-electron chi connectivity index (χ1n) is 29.9. The predicted octanol–water partition coefficient (Wildman–Crippen LogP) is 10.9. The molecule has 0 bridgehead atoms. The van der Waals surface area contributed by atoms with Gasteiger partial charge in [-0.3, -0.25) is 9.59 Å². The van der Waals surface area contributed by atoms with Crippen LogP contribution in [0.1, 0.15) is 106 Å². The van der Waals surface area contributed by atoms with Gasteiger partial charge in [0, 0.05) is 59.0 Å². The highest BCUT2D eigenvalue weighted by Crippen LogP contribution is 2.38. The number of aliphatic carboxylic acids is 1. The second-order valence-electron chi connectivity index (χ2n) is 24.8. The van der Waals surface area contributed by atoms with Crippen molar-refractivity contribution in [2.45, 2.75) is 154 Å². The van der Waals surface area contributed by atoms with Crippen molar-refractivity contribution in [3.63, 3.8) is 0 Å². The van der Waals surface area contributed by atoms with E-state index in [-0.39, 0.29) is 38.1 Å². The normalized spacial score (nSPS) is 19.6. The molecule has 4 amide bonds. The third-order valence-electron chi connectivity index (χ3n) is 16.4. The Kier molecular flexibility index (Phi) is 19.8. The van der Waals surface area contributed by atoms with Crippen LogP contribution in [0.4, 0.5) is 9.59 Å². The zero-order valence-electron chi connectivity index (χ0n) is 51.0. The van der Waals surface area contributed by atoms with Gasteiger partial charge >= 0.3 is 24.1 Å². The van der Waals surface area contributed by atoms with Crippen molar-refractivity contribution in [2.24, 2.45) is 10.8 Å². The van der Waals surface area contributed by atoms with Gasteiger partial charge in [0.15, 0.2) is 0 Å². The number of likely N-dealkylation sites (tertiary alicyclic amines) is 2. The van der Waals surface area contributed by atoms with Crippen LogP contribution < -0.4 is 29.6 Å². The number of nitrogens with zero attached hydrogens (tertiary/aromatic N) is 4. The molecule has 4 fully saturated rings. The monoisotopic (exact) mass is 1190 g/mol. The Bertz CT molecular complexity index is 3430. The number of carbonyl (C=O) groups excluding carboxylic acids is 5. The van der Waals surface area contributed by atoms with Gasteiger partial charge in [0.25, 0.3) is 0 Å². The fourth-order valence-electron chi connectivity index (χ4n) is 11.8. The zero-order valence-corrected chi connectivity index (χ0v) is 51.0. The summed E-state index contributed by atoms with van der Waals surface area (Å²) in [6, 6.07) is 30.3. The minimum absolute atomic E-state index is 0.0440. The molecule has 0 spiro atoms. The van der Waals surface area contributed by atoms with Gasteiger partial charge in [-0.25, -0.2) is 29.1 Å². The number of hydrogen-bond donors (Lipinski definition) is 3. The average Bonchev–Trinajstić information content (AvgIpc) is 2.96. The number of amides is 4. The molecule has 2 saturated carbocycles. The van der Waals surface area contributed by atoms with Crippen molar-refractivity contribution in [3.8, 4) is 45.5 Å². The molecule has 0 radical (unpaired) electrons. The molecule has 3 N–H and O–H groups in total. The van der Waals surface area contributed by atoms with E-state index >= 15 is 0 Å². The molecule has 6 aromatic rings. The molecule has 4 aromatic carbocycles. The van der Waals surface area contributed by atoms with Gasteiger partial charge in [-0.1, -0.05) is 102 Å². The molecule has 87 heavy (non-hydrogen) atoms. The van der Waals surface area contributed by atoms with Crippen molar-refractivity contribution in [1.29, 1.82) is 0 Å². The molecular weight excluding hydrogens is 1110 g/mol. The van der Waals surface area contributed by atoms with Crippen molar-refractivity contribution < 1.29 is 67.0 Å². The lowest BCUT2D eigenvalue weighted by atomic mass is 9.85. The van der Waals surface area contributed by atoms with E-state index in [0.29, 0.717) is 39.7 Å². The molecule has 0 unspecified atom stereocenters. The second kappa shape index (κ2) is 27.4. The molecule has 2 aromatic heterocycles. The largest absolute Gasteiger partial charge is 0.497 e. The molecule has 462 valence electrons. The maximum atomic E-state index is 14.1. The van der Waals surface area contributed by atoms with Crippen LogP contribution in [0.2, 0.25) is 0 Å². The van der Waals surface area contributed by atoms with Crippen molar-refractivity contribution in [1.82, 2.24) is 30.4 Å². The average molecular weight is 1190 g/mol. The van der Waals surface area contributed by atoms with Crippen molar-refractivity contribution >= 4 is 57.7 Å². The van der Waals surface area contributed by atoms with Gasteiger partial charge in [0.2, 0.25) is 11.8 Å². The van der Waals surface area contributed by atoms with Gasteiger partial charge < -0.3 is 58.7 Å². The van der Waals surface area contributed by atoms with Crippen molar-refractivity contribution in [3.05, 3.63) is 109 Å². The maximum absolute atomic E-state index is 14.1. The molecule has 20 nitrogen and oxygen atoms in total. The number of ether oxygens (including phenoxy) is 7. The summed E-state index contributed by atoms with van der Waals surface area (Å²) in [5, 5.41) is 17.2. The van der Waals surface area contributed by atoms with Crippen LogP contribution in [0.25, 0.3) is 44.3 Å². The predicted molar refractivity (Wildman–Crippen MR) is 326 cm³/mol. The smallest absolute Gasteiger partial charge is 0.408 e. The van der Waals surface area contributed by atoms with Crippen LogP contribution in [0.15, 0.2) is 109 Å². The van der Waals surface area contributed by atoms with E-state index in [2.05, 4.69) is 10.6 Å². The lowest BCUT2D eigenvalue weighted by Crippen LogP contribution is -2.57. The van der Waals surface area contributed by atoms with Crippen molar-refractivity contribution in [2.75, 3.05) is 34.4 Å². The fraction of sp³-hybridized carbons (Fsp3) is 0.463. The highest BCUT2D eigenvalue weighted by molar-refractivity contribution is 5.93. The number of alkyl carbamates (subject to hydrolysis) is 2. The molecule has 6 atom stereocenters. The third-order valence-corrected chi connectivity index (χ3v) is 16.4. The number of carbonyl (C=O) groups is 6. The Morgan fingerprint density at radius 2 is 0.920 bits per heavy atom. The second-order valence-corrected chi connectivity index (χ2v) is 24.8. The Morgan fingerprint density at radius 3 is 1.29 bits per heavy atom. The number of aromatic nitrogens is 2. The summed E-state index contributed by atoms with van der Waals surface area (Å²) in [5.74, 6) is -0.135. The molecule has 4 aliphatic rings. The summed E-state index contributed by atoms with van der Waals surface area (Å²) >= 11 is 0. The van der Waals surface area contributed by atoms with E-state index in [4.69, 9.17) is 43.1 Å². The maximum Gasteiger partial charge on any atom is 0.408 e. The highest BCUT2D eigenvalue weighted by atomic mass is 16.6. The summed E-state index contributed by atoms with van der Waals surface area (Å²) in [6.45, 7) is 11.3. The number of esters is 1. The lowest BCUT2D eigenvalue weighted by molar-refractivity contribution is -0.152. The Labute approximate surface area is 507 Å². The standard InChI is InChI=1S/C34H41N3O7.C33H39N3O7/c1-34(2,3)30(36-33(40)44-22-13-9-10-14-22)31(38)37-20-24(18-28(37)32(39)42-5)43-29-19-26(21-11-7-6-8-12-21)35-27-17-23(41-4)15-16-25(27)29;1-33(2,3)29(35-32(40)43-21-12-8-9-13-21)30(37)36-19-23(17-27(36)31(38)39)42-28-18-25(20-10-6-5-7-11-20)34-26-16-22(41-4)14-15-24(26)28/h6-8,11-12,15-17,19,22,24,28,30H,9-10,13-14,18,20H2,1-5H3,(H,36,40);5-7,10-11,14-16,18,21,23,27,29H,8-9,12-13,17,19H2,1-4H3,(H,35,40)(H,38,39)/t24-,28+,30-;23-,27+,29-/m11/s1. The fourth-order valence-corrected chi connectivity index (χ4v) is 11.8. The van der Waals surface area contributed by atoms with Crippen LogP contribution in [-0.2, 0) is 33.4 Å². The highest BCUT2D eigenvalue weighted by Gasteiger charge is 2.48. The number of carboxylic acids is 1. The molecular formula is C67H80N6O14. The van der Waals surface area contributed by atoms with Gasteiger partial charge in [-0.05, 0) is 86.5 Å². The minimum atomic E-state index is -1.13. The van der Waals surface area contributed by atoms with Crippen LogP contribution in [0.3, 0.4) is 0 Å². The molecule has 2 aliphatic carbocycles. The van der Waals surface area contributed by atoms with E-state index in [1.165, 1.54) is 16.9 Å². The van der Waals surface area contributed by atoms with Crippen LogP contribution in [-0.4, -0.2) is 144 Å². The number of nitrogens with one attached hydrogen (secondary N) is 2. The number of benzene rings is 4. The molecule has 20 heteroatoms. The Balaban J connectivity index is 0.000000208.